The third-order valence-corrected chi connectivity index (χ3v) is 2.55. The molecule has 1 amide bonds. The van der Waals surface area contributed by atoms with Gasteiger partial charge in [-0.15, -0.1) is 0 Å². The minimum absolute atomic E-state index is 0.249. The van der Waals surface area contributed by atoms with Crippen LogP contribution in [0.3, 0.4) is 0 Å². The van der Waals surface area contributed by atoms with Crippen LogP contribution in [0.5, 0.6) is 0 Å². The topological polar surface area (TPSA) is 85.8 Å². The fourth-order valence-corrected chi connectivity index (χ4v) is 1.43. The van der Waals surface area contributed by atoms with E-state index >= 15 is 0 Å². The molecule has 2 aliphatic rings. The highest BCUT2D eigenvalue weighted by molar-refractivity contribution is 5.92. The molecular formula is C10H15NO5. The molecule has 0 aromatic heterocycles. The zero-order valence-electron chi connectivity index (χ0n) is 9.00. The number of epoxide rings is 2. The lowest BCUT2D eigenvalue weighted by atomic mass is 10.2. The van der Waals surface area contributed by atoms with E-state index < -0.39 is 30.6 Å². The van der Waals surface area contributed by atoms with E-state index in [0.29, 0.717) is 13.2 Å². The van der Waals surface area contributed by atoms with E-state index in [0.717, 1.165) is 4.90 Å². The average molecular weight is 229 g/mol. The molecular weight excluding hydrogens is 214 g/mol. The summed E-state index contributed by atoms with van der Waals surface area (Å²) < 4.78 is 9.81. The van der Waals surface area contributed by atoms with Gasteiger partial charge in [0.25, 0.3) is 5.91 Å². The molecule has 2 heterocycles. The van der Waals surface area contributed by atoms with Crippen LogP contribution in [0, 0.1) is 0 Å². The van der Waals surface area contributed by atoms with E-state index in [9.17, 15) is 15.0 Å². The predicted molar refractivity (Wildman–Crippen MR) is 53.2 cm³/mol. The molecule has 0 bridgehead atoms. The zero-order chi connectivity index (χ0) is 11.9. The smallest absolute Gasteiger partial charge is 0.253 e. The zero-order valence-corrected chi connectivity index (χ0v) is 9.00. The number of amides is 1. The number of carbonyl (C=O) groups excluding carboxylic acids is 1. The number of carbonyl (C=O) groups is 1. The third-order valence-electron chi connectivity index (χ3n) is 2.55. The minimum atomic E-state index is -1.15. The number of aliphatic hydroxyl groups excluding tert-OH is 2. The summed E-state index contributed by atoms with van der Waals surface area (Å²) >= 11 is 0. The van der Waals surface area contributed by atoms with Crippen LogP contribution < -0.4 is 0 Å². The van der Waals surface area contributed by atoms with Crippen molar-refractivity contribution in [3.8, 4) is 0 Å². The second kappa shape index (κ2) is 4.14. The van der Waals surface area contributed by atoms with Crippen LogP contribution >= 0.6 is 0 Å². The quantitative estimate of drug-likeness (QED) is 0.352. The Morgan fingerprint density at radius 2 is 1.69 bits per heavy atom. The molecule has 90 valence electrons. The highest BCUT2D eigenvalue weighted by atomic mass is 16.6. The summed E-state index contributed by atoms with van der Waals surface area (Å²) in [5.74, 6) is -0.494. The summed E-state index contributed by atoms with van der Waals surface area (Å²) in [6.07, 6.45) is -3.14. The first-order chi connectivity index (χ1) is 7.52. The maximum atomic E-state index is 11.8. The molecule has 6 heteroatoms. The summed E-state index contributed by atoms with van der Waals surface area (Å²) in [5, 5.41) is 19.7. The first-order valence-electron chi connectivity index (χ1n) is 5.10. The number of ether oxygens (including phenoxy) is 2. The molecule has 0 saturated carbocycles. The Kier molecular flexibility index (Phi) is 2.98. The SMILES string of the molecule is C=C(C)C(=O)N(C(O)C1CO1)C(O)C1CO1. The largest absolute Gasteiger partial charge is 0.371 e. The summed E-state index contributed by atoms with van der Waals surface area (Å²) in [4.78, 5) is 12.8. The molecule has 0 aliphatic carbocycles. The van der Waals surface area contributed by atoms with Crippen molar-refractivity contribution in [3.05, 3.63) is 12.2 Å². The van der Waals surface area contributed by atoms with E-state index in [-0.39, 0.29) is 5.57 Å². The summed E-state index contributed by atoms with van der Waals surface area (Å²) in [6.45, 7) is 5.81. The molecule has 0 aromatic rings. The van der Waals surface area contributed by atoms with Gasteiger partial charge in [-0.05, 0) is 6.92 Å². The predicted octanol–water partition coefficient (Wildman–Crippen LogP) is -1.17. The number of aliphatic hydroxyl groups is 2. The number of nitrogens with zero attached hydrogens (tertiary/aromatic N) is 1. The van der Waals surface area contributed by atoms with Crippen LogP contribution in [0.1, 0.15) is 6.92 Å². The summed E-state index contributed by atoms with van der Waals surface area (Å²) in [5.41, 5.74) is 0.249. The van der Waals surface area contributed by atoms with Crippen molar-refractivity contribution in [2.24, 2.45) is 0 Å². The van der Waals surface area contributed by atoms with Crippen molar-refractivity contribution < 1.29 is 24.5 Å². The molecule has 2 N–H and O–H groups in total. The van der Waals surface area contributed by atoms with Crippen molar-refractivity contribution in [1.29, 1.82) is 0 Å². The van der Waals surface area contributed by atoms with Crippen molar-refractivity contribution in [1.82, 2.24) is 4.90 Å². The molecule has 2 rings (SSSR count). The molecule has 0 aromatic carbocycles. The number of rotatable bonds is 5. The lowest BCUT2D eigenvalue weighted by Gasteiger charge is -2.30. The van der Waals surface area contributed by atoms with Gasteiger partial charge in [0.1, 0.15) is 12.2 Å². The average Bonchev–Trinajstić information content (AvgIpc) is 3.06. The second-order valence-electron chi connectivity index (χ2n) is 4.06. The Balaban J connectivity index is 2.10. The van der Waals surface area contributed by atoms with Crippen LogP contribution in [0.4, 0.5) is 0 Å². The molecule has 6 nitrogen and oxygen atoms in total. The summed E-state index contributed by atoms with van der Waals surface area (Å²) in [7, 11) is 0. The third kappa shape index (κ3) is 2.25. The molecule has 16 heavy (non-hydrogen) atoms. The van der Waals surface area contributed by atoms with Gasteiger partial charge in [0.2, 0.25) is 0 Å². The second-order valence-corrected chi connectivity index (χ2v) is 4.06. The Morgan fingerprint density at radius 1 is 1.31 bits per heavy atom. The van der Waals surface area contributed by atoms with Gasteiger partial charge in [-0.3, -0.25) is 9.69 Å². The molecule has 0 radical (unpaired) electrons. The van der Waals surface area contributed by atoms with Crippen molar-refractivity contribution in [2.75, 3.05) is 13.2 Å². The molecule has 2 fully saturated rings. The molecule has 0 spiro atoms. The van der Waals surface area contributed by atoms with Gasteiger partial charge in [0.15, 0.2) is 12.5 Å². The van der Waals surface area contributed by atoms with Crippen LogP contribution in [0.2, 0.25) is 0 Å². The highest BCUT2D eigenvalue weighted by Crippen LogP contribution is 2.25. The maximum Gasteiger partial charge on any atom is 0.253 e. The first-order valence-corrected chi connectivity index (χ1v) is 5.10. The van der Waals surface area contributed by atoms with Crippen LogP contribution in [0.15, 0.2) is 12.2 Å². The van der Waals surface area contributed by atoms with Gasteiger partial charge < -0.3 is 19.7 Å². The van der Waals surface area contributed by atoms with Gasteiger partial charge in [-0.2, -0.15) is 0 Å². The monoisotopic (exact) mass is 229 g/mol. The van der Waals surface area contributed by atoms with Gasteiger partial charge in [0, 0.05) is 5.57 Å². The van der Waals surface area contributed by atoms with Gasteiger partial charge in [0.05, 0.1) is 13.2 Å². The molecule has 2 saturated heterocycles. The lowest BCUT2D eigenvalue weighted by Crippen LogP contribution is -2.52. The van der Waals surface area contributed by atoms with Crippen molar-refractivity contribution >= 4 is 5.91 Å². The van der Waals surface area contributed by atoms with E-state index in [2.05, 4.69) is 6.58 Å². The van der Waals surface area contributed by atoms with Crippen LogP contribution in [0.25, 0.3) is 0 Å². The Bertz CT molecular complexity index is 292. The normalized spacial score (nSPS) is 30.4. The molecule has 2 aliphatic heterocycles. The standard InChI is InChI=1S/C10H15NO5/c1-5(2)8(12)11(9(13)6-3-15-6)10(14)7-4-16-7/h6-7,9-10,13-14H,1,3-4H2,2H3. The van der Waals surface area contributed by atoms with Gasteiger partial charge >= 0.3 is 0 Å². The first kappa shape index (κ1) is 11.5. The Morgan fingerprint density at radius 3 is 1.94 bits per heavy atom. The summed E-state index contributed by atoms with van der Waals surface area (Å²) in [6, 6.07) is 0. The highest BCUT2D eigenvalue weighted by Gasteiger charge is 2.45. The Hall–Kier alpha value is -0.950. The molecule has 4 unspecified atom stereocenters. The van der Waals surface area contributed by atoms with Crippen LogP contribution in [-0.2, 0) is 14.3 Å². The number of hydrogen-bond acceptors (Lipinski definition) is 5. The van der Waals surface area contributed by atoms with Crippen LogP contribution in [-0.4, -0.2) is 58.9 Å². The van der Waals surface area contributed by atoms with E-state index in [1.54, 1.807) is 0 Å². The fourth-order valence-electron chi connectivity index (χ4n) is 1.43. The van der Waals surface area contributed by atoms with Crippen molar-refractivity contribution in [3.63, 3.8) is 0 Å². The molecule has 4 atom stereocenters. The van der Waals surface area contributed by atoms with Crippen molar-refractivity contribution in [2.45, 2.75) is 31.6 Å². The number of hydrogen-bond donors (Lipinski definition) is 2. The van der Waals surface area contributed by atoms with Gasteiger partial charge in [-0.25, -0.2) is 0 Å². The van der Waals surface area contributed by atoms with Gasteiger partial charge in [-0.1, -0.05) is 6.58 Å². The minimum Gasteiger partial charge on any atom is -0.371 e. The fraction of sp³-hybridized carbons (Fsp3) is 0.700. The Labute approximate surface area is 93.1 Å². The maximum absolute atomic E-state index is 11.8. The van der Waals surface area contributed by atoms with E-state index in [1.807, 2.05) is 0 Å². The van der Waals surface area contributed by atoms with E-state index in [1.165, 1.54) is 6.92 Å². The lowest BCUT2D eigenvalue weighted by molar-refractivity contribution is -0.161. The van der Waals surface area contributed by atoms with E-state index in [4.69, 9.17) is 9.47 Å².